The van der Waals surface area contributed by atoms with Crippen molar-refractivity contribution in [3.05, 3.63) is 0 Å². The summed E-state index contributed by atoms with van der Waals surface area (Å²) >= 11 is 0. The molecule has 0 aromatic carbocycles. The molecule has 0 aromatic rings. The van der Waals surface area contributed by atoms with E-state index < -0.39 is 5.97 Å². The topological polar surface area (TPSA) is 53.0 Å². The Morgan fingerprint density at radius 2 is 2.00 bits per heavy atom. The Labute approximate surface area is 103 Å². The first-order valence-corrected chi connectivity index (χ1v) is 6.25. The molecule has 0 aliphatic carbocycles. The van der Waals surface area contributed by atoms with Crippen LogP contribution in [0.5, 0.6) is 0 Å². The first kappa shape index (κ1) is 14.4. The number of hydrogen-bond acceptors (Lipinski definition) is 4. The largest absolute Gasteiger partial charge is 0.480 e. The van der Waals surface area contributed by atoms with Crippen molar-refractivity contribution in [2.45, 2.75) is 32.4 Å². The number of nitrogens with zero attached hydrogens (tertiary/aromatic N) is 2. The van der Waals surface area contributed by atoms with Crippen LogP contribution in [-0.2, 0) is 9.53 Å². The molecular formula is C12H24N2O3. The van der Waals surface area contributed by atoms with Crippen LogP contribution in [0.3, 0.4) is 0 Å². The first-order chi connectivity index (χ1) is 8.04. The molecule has 1 heterocycles. The van der Waals surface area contributed by atoms with Gasteiger partial charge in [0.1, 0.15) is 0 Å². The van der Waals surface area contributed by atoms with Gasteiger partial charge < -0.3 is 9.84 Å². The average Bonchev–Trinajstić information content (AvgIpc) is 2.52. The molecule has 1 saturated heterocycles. The molecule has 0 saturated carbocycles. The van der Waals surface area contributed by atoms with Gasteiger partial charge in [0.05, 0.1) is 12.6 Å². The van der Waals surface area contributed by atoms with Gasteiger partial charge in [-0.15, -0.1) is 0 Å². The number of aliphatic carboxylic acids is 1. The van der Waals surface area contributed by atoms with Gasteiger partial charge in [0.15, 0.2) is 0 Å². The molecular weight excluding hydrogens is 220 g/mol. The number of methoxy groups -OCH3 is 1. The van der Waals surface area contributed by atoms with E-state index in [-0.39, 0.29) is 12.6 Å². The van der Waals surface area contributed by atoms with Gasteiger partial charge in [0.2, 0.25) is 0 Å². The number of carbonyl (C=O) groups is 1. The predicted molar refractivity (Wildman–Crippen MR) is 66.2 cm³/mol. The van der Waals surface area contributed by atoms with Crippen molar-refractivity contribution in [3.8, 4) is 0 Å². The van der Waals surface area contributed by atoms with Gasteiger partial charge in [-0.2, -0.15) is 0 Å². The SMILES string of the molecule is COC(C)C(C)N1CCCN(CC(=O)O)CC1. The Hall–Kier alpha value is -0.650. The summed E-state index contributed by atoms with van der Waals surface area (Å²) < 4.78 is 5.35. The van der Waals surface area contributed by atoms with Gasteiger partial charge in [-0.3, -0.25) is 14.6 Å². The highest BCUT2D eigenvalue weighted by Crippen LogP contribution is 2.11. The highest BCUT2D eigenvalue weighted by atomic mass is 16.5. The quantitative estimate of drug-likeness (QED) is 0.763. The van der Waals surface area contributed by atoms with Crippen LogP contribution < -0.4 is 0 Å². The van der Waals surface area contributed by atoms with Crippen LogP contribution in [0.2, 0.25) is 0 Å². The fourth-order valence-corrected chi connectivity index (χ4v) is 2.24. The molecule has 0 amide bonds. The second kappa shape index (κ2) is 6.93. The minimum atomic E-state index is -0.739. The molecule has 1 fully saturated rings. The van der Waals surface area contributed by atoms with E-state index in [4.69, 9.17) is 9.84 Å². The van der Waals surface area contributed by atoms with Crippen molar-refractivity contribution in [3.63, 3.8) is 0 Å². The number of rotatable bonds is 5. The van der Waals surface area contributed by atoms with E-state index in [0.29, 0.717) is 6.04 Å². The molecule has 1 aliphatic rings. The molecule has 17 heavy (non-hydrogen) atoms. The van der Waals surface area contributed by atoms with Gasteiger partial charge in [-0.25, -0.2) is 0 Å². The van der Waals surface area contributed by atoms with Crippen molar-refractivity contribution in [1.29, 1.82) is 0 Å². The summed E-state index contributed by atoms with van der Waals surface area (Å²) in [7, 11) is 1.73. The van der Waals surface area contributed by atoms with Gasteiger partial charge in [0, 0.05) is 32.8 Å². The molecule has 5 heteroatoms. The fraction of sp³-hybridized carbons (Fsp3) is 0.917. The Kier molecular flexibility index (Phi) is 5.88. The monoisotopic (exact) mass is 244 g/mol. The maximum Gasteiger partial charge on any atom is 0.317 e. The molecule has 0 aromatic heterocycles. The fourth-order valence-electron chi connectivity index (χ4n) is 2.24. The second-order valence-electron chi connectivity index (χ2n) is 4.74. The van der Waals surface area contributed by atoms with Crippen molar-refractivity contribution in [2.24, 2.45) is 0 Å². The zero-order chi connectivity index (χ0) is 12.8. The van der Waals surface area contributed by atoms with E-state index in [1.807, 2.05) is 4.90 Å². The third-order valence-corrected chi connectivity index (χ3v) is 3.61. The lowest BCUT2D eigenvalue weighted by Gasteiger charge is -2.31. The first-order valence-electron chi connectivity index (χ1n) is 6.25. The lowest BCUT2D eigenvalue weighted by molar-refractivity contribution is -0.138. The van der Waals surface area contributed by atoms with Gasteiger partial charge >= 0.3 is 5.97 Å². The highest BCUT2D eigenvalue weighted by molar-refractivity contribution is 5.69. The summed E-state index contributed by atoms with van der Waals surface area (Å²) in [5.74, 6) is -0.739. The number of hydrogen-bond donors (Lipinski definition) is 1. The van der Waals surface area contributed by atoms with E-state index in [2.05, 4.69) is 18.7 Å². The van der Waals surface area contributed by atoms with Crippen LogP contribution in [0.25, 0.3) is 0 Å². The second-order valence-corrected chi connectivity index (χ2v) is 4.74. The Balaban J connectivity index is 2.44. The van der Waals surface area contributed by atoms with Crippen LogP contribution in [0.15, 0.2) is 0 Å². The van der Waals surface area contributed by atoms with Crippen molar-refractivity contribution in [2.75, 3.05) is 39.8 Å². The molecule has 2 unspecified atom stereocenters. The Bertz CT molecular complexity index is 248. The van der Waals surface area contributed by atoms with Crippen molar-refractivity contribution < 1.29 is 14.6 Å². The molecule has 0 bridgehead atoms. The molecule has 1 aliphatic heterocycles. The summed E-state index contributed by atoms with van der Waals surface area (Å²) in [5.41, 5.74) is 0. The molecule has 5 nitrogen and oxygen atoms in total. The summed E-state index contributed by atoms with van der Waals surface area (Å²) in [6.45, 7) is 8.03. The van der Waals surface area contributed by atoms with E-state index in [9.17, 15) is 4.79 Å². The number of ether oxygens (including phenoxy) is 1. The summed E-state index contributed by atoms with van der Waals surface area (Å²) in [5, 5.41) is 8.78. The molecule has 1 rings (SSSR count). The zero-order valence-electron chi connectivity index (χ0n) is 11.1. The maximum atomic E-state index is 10.7. The van der Waals surface area contributed by atoms with Crippen LogP contribution in [0.4, 0.5) is 0 Å². The van der Waals surface area contributed by atoms with Crippen LogP contribution >= 0.6 is 0 Å². The highest BCUT2D eigenvalue weighted by Gasteiger charge is 2.23. The maximum absolute atomic E-state index is 10.7. The van der Waals surface area contributed by atoms with Gasteiger partial charge in [0.25, 0.3) is 0 Å². The molecule has 0 spiro atoms. The summed E-state index contributed by atoms with van der Waals surface area (Å²) in [6.07, 6.45) is 1.23. The molecule has 2 atom stereocenters. The van der Waals surface area contributed by atoms with Crippen molar-refractivity contribution in [1.82, 2.24) is 9.80 Å². The average molecular weight is 244 g/mol. The van der Waals surface area contributed by atoms with E-state index in [1.165, 1.54) is 0 Å². The lowest BCUT2D eigenvalue weighted by atomic mass is 10.1. The molecule has 1 N–H and O–H groups in total. The van der Waals surface area contributed by atoms with Crippen LogP contribution in [0, 0.1) is 0 Å². The van der Waals surface area contributed by atoms with Crippen molar-refractivity contribution >= 4 is 5.97 Å². The molecule has 100 valence electrons. The third-order valence-electron chi connectivity index (χ3n) is 3.61. The lowest BCUT2D eigenvalue weighted by Crippen LogP contribution is -2.43. The third kappa shape index (κ3) is 4.61. The smallest absolute Gasteiger partial charge is 0.317 e. The van der Waals surface area contributed by atoms with E-state index in [1.54, 1.807) is 7.11 Å². The van der Waals surface area contributed by atoms with Crippen LogP contribution in [0.1, 0.15) is 20.3 Å². The minimum absolute atomic E-state index is 0.155. The zero-order valence-corrected chi connectivity index (χ0v) is 11.1. The normalized spacial score (nSPS) is 23.0. The van der Waals surface area contributed by atoms with Gasteiger partial charge in [-0.05, 0) is 26.8 Å². The summed E-state index contributed by atoms with van der Waals surface area (Å²) in [6, 6.07) is 0.379. The predicted octanol–water partition coefficient (Wildman–Crippen LogP) is 0.502. The number of carboxylic acid groups (broad SMARTS) is 1. The van der Waals surface area contributed by atoms with Gasteiger partial charge in [-0.1, -0.05) is 0 Å². The molecule has 0 radical (unpaired) electrons. The van der Waals surface area contributed by atoms with E-state index >= 15 is 0 Å². The summed E-state index contributed by atoms with van der Waals surface area (Å²) in [4.78, 5) is 15.1. The van der Waals surface area contributed by atoms with E-state index in [0.717, 1.165) is 32.6 Å². The standard InChI is InChI=1S/C12H24N2O3/c1-10(11(2)17-3)14-6-4-5-13(7-8-14)9-12(15)16/h10-11H,4-9H2,1-3H3,(H,15,16). The Morgan fingerprint density at radius 1 is 1.29 bits per heavy atom. The Morgan fingerprint density at radius 3 is 2.59 bits per heavy atom. The van der Waals surface area contributed by atoms with Crippen LogP contribution in [-0.4, -0.2) is 72.9 Å². The minimum Gasteiger partial charge on any atom is -0.480 e. The number of carboxylic acids is 1.